The third-order valence-corrected chi connectivity index (χ3v) is 3.04. The second kappa shape index (κ2) is 5.74. The molecule has 2 rings (SSSR count). The highest BCUT2D eigenvalue weighted by molar-refractivity contribution is 6.06. The zero-order chi connectivity index (χ0) is 14.7. The van der Waals surface area contributed by atoms with Gasteiger partial charge in [-0.1, -0.05) is 6.07 Å². The van der Waals surface area contributed by atoms with Gasteiger partial charge in [-0.2, -0.15) is 0 Å². The van der Waals surface area contributed by atoms with Crippen LogP contribution in [0.15, 0.2) is 36.4 Å². The fourth-order valence-corrected chi connectivity index (χ4v) is 1.97. The van der Waals surface area contributed by atoms with E-state index in [-0.39, 0.29) is 11.7 Å². The molecule has 0 aromatic heterocycles. The maximum absolute atomic E-state index is 13.0. The lowest BCUT2D eigenvalue weighted by Crippen LogP contribution is -2.14. The van der Waals surface area contributed by atoms with Crippen molar-refractivity contribution in [2.24, 2.45) is 0 Å². The van der Waals surface area contributed by atoms with Crippen LogP contribution in [-0.4, -0.2) is 13.0 Å². The predicted molar refractivity (Wildman–Crippen MR) is 76.8 cm³/mol. The minimum Gasteiger partial charge on any atom is -0.495 e. The highest BCUT2D eigenvalue weighted by Gasteiger charge is 2.12. The summed E-state index contributed by atoms with van der Waals surface area (Å²) in [5.41, 5.74) is 2.66. The lowest BCUT2D eigenvalue weighted by molar-refractivity contribution is 0.102. The van der Waals surface area contributed by atoms with E-state index in [2.05, 4.69) is 5.32 Å². The third-order valence-electron chi connectivity index (χ3n) is 3.04. The maximum Gasteiger partial charge on any atom is 0.256 e. The number of amides is 1. The Hall–Kier alpha value is -2.36. The zero-order valence-electron chi connectivity index (χ0n) is 11.7. The number of hydrogen-bond acceptors (Lipinski definition) is 2. The first-order valence-corrected chi connectivity index (χ1v) is 6.23. The molecule has 2 aromatic rings. The Kier molecular flexibility index (Phi) is 4.03. The molecule has 3 nitrogen and oxygen atoms in total. The number of methoxy groups -OCH3 is 1. The fraction of sp³-hybridized carbons (Fsp3) is 0.188. The number of nitrogens with one attached hydrogen (secondary N) is 1. The van der Waals surface area contributed by atoms with Crippen LogP contribution < -0.4 is 10.1 Å². The fourth-order valence-electron chi connectivity index (χ4n) is 1.97. The highest BCUT2D eigenvalue weighted by atomic mass is 19.1. The highest BCUT2D eigenvalue weighted by Crippen LogP contribution is 2.26. The predicted octanol–water partition coefficient (Wildman–Crippen LogP) is 3.70. The number of halogens is 1. The summed E-state index contributed by atoms with van der Waals surface area (Å²) in [6.07, 6.45) is 0. The van der Waals surface area contributed by atoms with Crippen LogP contribution in [0.5, 0.6) is 5.75 Å². The molecule has 0 aliphatic rings. The van der Waals surface area contributed by atoms with E-state index in [0.717, 1.165) is 5.56 Å². The Labute approximate surface area is 117 Å². The molecule has 0 saturated carbocycles. The number of hydrogen-bond donors (Lipinski definition) is 1. The van der Waals surface area contributed by atoms with E-state index < -0.39 is 0 Å². The quantitative estimate of drug-likeness (QED) is 0.926. The Morgan fingerprint density at radius 2 is 1.90 bits per heavy atom. The van der Waals surface area contributed by atoms with Gasteiger partial charge in [0, 0.05) is 5.56 Å². The van der Waals surface area contributed by atoms with Crippen LogP contribution >= 0.6 is 0 Å². The van der Waals surface area contributed by atoms with Gasteiger partial charge in [0.15, 0.2) is 0 Å². The van der Waals surface area contributed by atoms with Crippen molar-refractivity contribution in [3.8, 4) is 5.75 Å². The van der Waals surface area contributed by atoms with Gasteiger partial charge in [0.05, 0.1) is 12.8 Å². The molecule has 1 N–H and O–H groups in total. The molecule has 0 fully saturated rings. The van der Waals surface area contributed by atoms with Crippen LogP contribution in [0.2, 0.25) is 0 Å². The van der Waals surface area contributed by atoms with Crippen molar-refractivity contribution in [1.82, 2.24) is 0 Å². The van der Waals surface area contributed by atoms with E-state index in [1.54, 1.807) is 20.1 Å². The molecular formula is C16H16FNO2. The van der Waals surface area contributed by atoms with Crippen molar-refractivity contribution in [1.29, 1.82) is 0 Å². The van der Waals surface area contributed by atoms with E-state index >= 15 is 0 Å². The smallest absolute Gasteiger partial charge is 0.256 e. The number of aryl methyl sites for hydroxylation is 2. The van der Waals surface area contributed by atoms with Crippen LogP contribution in [0.25, 0.3) is 0 Å². The van der Waals surface area contributed by atoms with Crippen molar-refractivity contribution < 1.29 is 13.9 Å². The standard InChI is InChI=1S/C16H16FNO2/c1-10-4-7-14(15(8-10)20-3)18-16(19)13-6-5-12(17)9-11(13)2/h4-9H,1-3H3,(H,18,19). The summed E-state index contributed by atoms with van der Waals surface area (Å²) in [6, 6.07) is 9.59. The Balaban J connectivity index is 2.28. The molecule has 0 unspecified atom stereocenters. The molecule has 0 atom stereocenters. The zero-order valence-corrected chi connectivity index (χ0v) is 11.7. The minimum atomic E-state index is -0.355. The first kappa shape index (κ1) is 14.1. The largest absolute Gasteiger partial charge is 0.495 e. The van der Waals surface area contributed by atoms with Crippen molar-refractivity contribution in [3.05, 3.63) is 58.9 Å². The summed E-state index contributed by atoms with van der Waals surface area (Å²) in [5, 5.41) is 2.78. The van der Waals surface area contributed by atoms with Gasteiger partial charge in [-0.05, 0) is 55.3 Å². The molecule has 1 amide bonds. The van der Waals surface area contributed by atoms with Gasteiger partial charge >= 0.3 is 0 Å². The Morgan fingerprint density at radius 1 is 1.15 bits per heavy atom. The van der Waals surface area contributed by atoms with E-state index in [0.29, 0.717) is 22.6 Å². The lowest BCUT2D eigenvalue weighted by Gasteiger charge is -2.12. The van der Waals surface area contributed by atoms with Crippen LogP contribution in [0.1, 0.15) is 21.5 Å². The van der Waals surface area contributed by atoms with Gasteiger partial charge in [-0.3, -0.25) is 4.79 Å². The van der Waals surface area contributed by atoms with Crippen LogP contribution in [-0.2, 0) is 0 Å². The van der Waals surface area contributed by atoms with Gasteiger partial charge < -0.3 is 10.1 Å². The van der Waals surface area contributed by atoms with E-state index in [4.69, 9.17) is 4.74 Å². The number of carbonyl (C=O) groups excluding carboxylic acids is 1. The van der Waals surface area contributed by atoms with Crippen LogP contribution in [0.3, 0.4) is 0 Å². The second-order valence-electron chi connectivity index (χ2n) is 4.62. The van der Waals surface area contributed by atoms with Crippen LogP contribution in [0.4, 0.5) is 10.1 Å². The summed E-state index contributed by atoms with van der Waals surface area (Å²) in [6.45, 7) is 3.64. The summed E-state index contributed by atoms with van der Waals surface area (Å²) in [7, 11) is 1.55. The number of ether oxygens (including phenoxy) is 1. The molecule has 4 heteroatoms. The molecule has 2 aromatic carbocycles. The van der Waals surface area contributed by atoms with Crippen molar-refractivity contribution in [2.45, 2.75) is 13.8 Å². The van der Waals surface area contributed by atoms with Crippen molar-refractivity contribution in [3.63, 3.8) is 0 Å². The lowest BCUT2D eigenvalue weighted by atomic mass is 10.1. The van der Waals surface area contributed by atoms with Crippen LogP contribution in [0, 0.1) is 19.7 Å². The molecule has 0 spiro atoms. The minimum absolute atomic E-state index is 0.287. The molecule has 0 heterocycles. The average molecular weight is 273 g/mol. The number of benzene rings is 2. The van der Waals surface area contributed by atoms with Gasteiger partial charge in [0.2, 0.25) is 0 Å². The van der Waals surface area contributed by atoms with E-state index in [1.165, 1.54) is 18.2 Å². The molecular weight excluding hydrogens is 257 g/mol. The van der Waals surface area contributed by atoms with Crippen molar-refractivity contribution >= 4 is 11.6 Å². The molecule has 0 aliphatic carbocycles. The van der Waals surface area contributed by atoms with Gasteiger partial charge in [0.25, 0.3) is 5.91 Å². The second-order valence-corrected chi connectivity index (χ2v) is 4.62. The van der Waals surface area contributed by atoms with E-state index in [9.17, 15) is 9.18 Å². The molecule has 20 heavy (non-hydrogen) atoms. The average Bonchev–Trinajstić information content (AvgIpc) is 2.40. The summed E-state index contributed by atoms with van der Waals surface area (Å²) >= 11 is 0. The number of rotatable bonds is 3. The summed E-state index contributed by atoms with van der Waals surface area (Å²) in [5.74, 6) is -0.0465. The number of carbonyl (C=O) groups is 1. The van der Waals surface area contributed by atoms with E-state index in [1.807, 2.05) is 19.1 Å². The molecule has 0 aliphatic heterocycles. The van der Waals surface area contributed by atoms with Gasteiger partial charge in [0.1, 0.15) is 11.6 Å². The maximum atomic E-state index is 13.0. The normalized spacial score (nSPS) is 10.2. The summed E-state index contributed by atoms with van der Waals surface area (Å²) in [4.78, 5) is 12.2. The first-order chi connectivity index (χ1) is 9.51. The molecule has 0 bridgehead atoms. The number of anilines is 1. The monoisotopic (exact) mass is 273 g/mol. The molecule has 0 saturated heterocycles. The first-order valence-electron chi connectivity index (χ1n) is 6.23. The SMILES string of the molecule is COc1cc(C)ccc1NC(=O)c1ccc(F)cc1C. The van der Waals surface area contributed by atoms with Gasteiger partial charge in [-0.25, -0.2) is 4.39 Å². The van der Waals surface area contributed by atoms with Crippen molar-refractivity contribution in [2.75, 3.05) is 12.4 Å². The topological polar surface area (TPSA) is 38.3 Å². The third kappa shape index (κ3) is 2.96. The Bertz CT molecular complexity index is 653. The molecule has 104 valence electrons. The Morgan fingerprint density at radius 3 is 2.55 bits per heavy atom. The molecule has 0 radical (unpaired) electrons. The van der Waals surface area contributed by atoms with Gasteiger partial charge in [-0.15, -0.1) is 0 Å². The summed E-state index contributed by atoms with van der Waals surface area (Å²) < 4.78 is 18.3.